The second kappa shape index (κ2) is 7.27. The molecule has 2 N–H and O–H groups in total. The van der Waals surface area contributed by atoms with Gasteiger partial charge in [0.05, 0.1) is 9.51 Å². The standard InChI is InChI=1S/C12H14BrCl2NO/c1-8(16)4-9-2-3-12(11(13)5-9)17-7-10(15)6-14/h2-3,5-6,8H,4,7,16H2,1H3. The molecule has 0 fully saturated rings. The van der Waals surface area contributed by atoms with Gasteiger partial charge in [0.2, 0.25) is 0 Å². The predicted octanol–water partition coefficient (Wildman–Crippen LogP) is 4.04. The Bertz CT molecular complexity index is 407. The van der Waals surface area contributed by atoms with Crippen LogP contribution in [-0.2, 0) is 6.42 Å². The Morgan fingerprint density at radius 2 is 2.29 bits per heavy atom. The van der Waals surface area contributed by atoms with Crippen molar-refractivity contribution >= 4 is 39.1 Å². The van der Waals surface area contributed by atoms with Crippen molar-refractivity contribution in [3.8, 4) is 5.75 Å². The summed E-state index contributed by atoms with van der Waals surface area (Å²) in [5.74, 6) is 0.732. The van der Waals surface area contributed by atoms with Crippen LogP contribution in [0.15, 0.2) is 33.2 Å². The van der Waals surface area contributed by atoms with Crippen LogP contribution < -0.4 is 10.5 Å². The van der Waals surface area contributed by atoms with E-state index in [4.69, 9.17) is 33.7 Å². The number of halogens is 3. The summed E-state index contributed by atoms with van der Waals surface area (Å²) in [5, 5.41) is 0.457. The SMILES string of the molecule is CC(N)Cc1ccc(OCC(Cl)=CCl)c(Br)c1. The molecule has 0 aliphatic carbocycles. The smallest absolute Gasteiger partial charge is 0.134 e. The van der Waals surface area contributed by atoms with Crippen molar-refractivity contribution in [2.24, 2.45) is 5.73 Å². The first kappa shape index (κ1) is 14.8. The third-order valence-electron chi connectivity index (χ3n) is 2.04. The number of ether oxygens (including phenoxy) is 1. The van der Waals surface area contributed by atoms with E-state index in [0.29, 0.717) is 5.03 Å². The highest BCUT2D eigenvalue weighted by Gasteiger charge is 2.05. The van der Waals surface area contributed by atoms with Crippen LogP contribution in [0.1, 0.15) is 12.5 Å². The Morgan fingerprint density at radius 3 is 2.82 bits per heavy atom. The Kier molecular flexibility index (Phi) is 6.34. The van der Waals surface area contributed by atoms with E-state index in [1.807, 2.05) is 25.1 Å². The zero-order chi connectivity index (χ0) is 12.8. The van der Waals surface area contributed by atoms with E-state index < -0.39 is 0 Å². The monoisotopic (exact) mass is 337 g/mol. The van der Waals surface area contributed by atoms with Crippen LogP contribution in [0.5, 0.6) is 5.75 Å². The molecule has 1 aromatic carbocycles. The fourth-order valence-corrected chi connectivity index (χ4v) is 2.00. The van der Waals surface area contributed by atoms with Crippen LogP contribution in [-0.4, -0.2) is 12.6 Å². The maximum absolute atomic E-state index is 5.74. The normalized spacial score (nSPS) is 13.6. The average Bonchev–Trinajstić information content (AvgIpc) is 2.26. The molecule has 0 radical (unpaired) electrons. The maximum atomic E-state index is 5.74. The molecule has 0 aliphatic heterocycles. The highest BCUT2D eigenvalue weighted by Crippen LogP contribution is 2.27. The summed E-state index contributed by atoms with van der Waals surface area (Å²) in [6.45, 7) is 2.24. The van der Waals surface area contributed by atoms with Crippen molar-refractivity contribution < 1.29 is 4.74 Å². The number of hydrogen-bond donors (Lipinski definition) is 1. The Hall–Kier alpha value is -0.220. The largest absolute Gasteiger partial charge is 0.487 e. The van der Waals surface area contributed by atoms with Gasteiger partial charge in [0.1, 0.15) is 12.4 Å². The highest BCUT2D eigenvalue weighted by atomic mass is 79.9. The second-order valence-corrected chi connectivity index (χ2v) is 5.35. The van der Waals surface area contributed by atoms with E-state index in [9.17, 15) is 0 Å². The Morgan fingerprint density at radius 1 is 1.59 bits per heavy atom. The van der Waals surface area contributed by atoms with Gasteiger partial charge in [0.25, 0.3) is 0 Å². The molecule has 1 rings (SSSR count). The van der Waals surface area contributed by atoms with E-state index in [-0.39, 0.29) is 12.6 Å². The minimum absolute atomic E-state index is 0.141. The zero-order valence-corrected chi connectivity index (χ0v) is 12.5. The molecular formula is C12H14BrCl2NO. The Labute approximate surface area is 120 Å². The lowest BCUT2D eigenvalue weighted by Gasteiger charge is -2.10. The minimum Gasteiger partial charge on any atom is -0.487 e. The molecule has 0 heterocycles. The van der Waals surface area contributed by atoms with Gasteiger partial charge >= 0.3 is 0 Å². The number of nitrogens with two attached hydrogens (primary N) is 1. The van der Waals surface area contributed by atoms with Crippen LogP contribution in [0.3, 0.4) is 0 Å². The second-order valence-electron chi connectivity index (χ2n) is 3.79. The lowest BCUT2D eigenvalue weighted by molar-refractivity contribution is 0.357. The molecule has 2 nitrogen and oxygen atoms in total. The molecule has 0 amide bonds. The molecule has 0 bridgehead atoms. The number of benzene rings is 1. The molecule has 1 aromatic rings. The zero-order valence-electron chi connectivity index (χ0n) is 9.42. The summed E-state index contributed by atoms with van der Waals surface area (Å²) < 4.78 is 6.37. The fraction of sp³-hybridized carbons (Fsp3) is 0.333. The van der Waals surface area contributed by atoms with E-state index >= 15 is 0 Å². The molecule has 0 saturated carbocycles. The molecule has 0 aromatic heterocycles. The summed E-state index contributed by atoms with van der Waals surface area (Å²) in [6.07, 6.45) is 0.835. The maximum Gasteiger partial charge on any atom is 0.134 e. The van der Waals surface area contributed by atoms with Gasteiger partial charge in [-0.25, -0.2) is 0 Å². The fourth-order valence-electron chi connectivity index (χ4n) is 1.34. The molecule has 5 heteroatoms. The van der Waals surface area contributed by atoms with E-state index in [1.54, 1.807) is 0 Å². The van der Waals surface area contributed by atoms with Crippen molar-refractivity contribution in [2.75, 3.05) is 6.61 Å². The summed E-state index contributed by atoms with van der Waals surface area (Å²) in [4.78, 5) is 0. The molecule has 0 spiro atoms. The first-order valence-electron chi connectivity index (χ1n) is 5.14. The lowest BCUT2D eigenvalue weighted by atomic mass is 10.1. The van der Waals surface area contributed by atoms with Crippen LogP contribution >= 0.6 is 39.1 Å². The van der Waals surface area contributed by atoms with E-state index in [1.165, 1.54) is 11.1 Å². The van der Waals surface area contributed by atoms with E-state index in [0.717, 1.165) is 16.6 Å². The molecule has 0 saturated heterocycles. The molecule has 1 unspecified atom stereocenters. The molecular weight excluding hydrogens is 325 g/mol. The van der Waals surface area contributed by atoms with Crippen LogP contribution in [0.2, 0.25) is 0 Å². The van der Waals surface area contributed by atoms with Gasteiger partial charge in [-0.1, -0.05) is 29.3 Å². The third-order valence-corrected chi connectivity index (χ3v) is 3.25. The minimum atomic E-state index is 0.141. The van der Waals surface area contributed by atoms with Gasteiger partial charge in [0.15, 0.2) is 0 Å². The van der Waals surface area contributed by atoms with Gasteiger partial charge in [-0.3, -0.25) is 0 Å². The van der Waals surface area contributed by atoms with Crippen molar-refractivity contribution in [1.82, 2.24) is 0 Å². The quantitative estimate of drug-likeness (QED) is 0.879. The molecule has 17 heavy (non-hydrogen) atoms. The third kappa shape index (κ3) is 5.30. The topological polar surface area (TPSA) is 35.2 Å². The lowest BCUT2D eigenvalue weighted by Crippen LogP contribution is -2.17. The van der Waals surface area contributed by atoms with Gasteiger partial charge in [0, 0.05) is 11.6 Å². The van der Waals surface area contributed by atoms with Gasteiger partial charge in [-0.2, -0.15) is 0 Å². The van der Waals surface area contributed by atoms with Gasteiger partial charge in [-0.15, -0.1) is 0 Å². The van der Waals surface area contributed by atoms with Gasteiger partial charge < -0.3 is 10.5 Å². The van der Waals surface area contributed by atoms with Crippen LogP contribution in [0.25, 0.3) is 0 Å². The molecule has 94 valence electrons. The first-order valence-corrected chi connectivity index (χ1v) is 6.75. The molecule has 1 atom stereocenters. The van der Waals surface area contributed by atoms with Gasteiger partial charge in [-0.05, 0) is 47.0 Å². The summed E-state index contributed by atoms with van der Waals surface area (Å²) in [7, 11) is 0. The summed E-state index contributed by atoms with van der Waals surface area (Å²) >= 11 is 14.6. The first-order chi connectivity index (χ1) is 8.02. The van der Waals surface area contributed by atoms with E-state index in [2.05, 4.69) is 15.9 Å². The number of rotatable bonds is 5. The number of hydrogen-bond acceptors (Lipinski definition) is 2. The Balaban J connectivity index is 2.69. The highest BCUT2D eigenvalue weighted by molar-refractivity contribution is 9.10. The average molecular weight is 339 g/mol. The van der Waals surface area contributed by atoms with Crippen molar-refractivity contribution in [1.29, 1.82) is 0 Å². The van der Waals surface area contributed by atoms with Crippen LogP contribution in [0, 0.1) is 0 Å². The summed E-state index contributed by atoms with van der Waals surface area (Å²) in [6, 6.07) is 6.01. The summed E-state index contributed by atoms with van der Waals surface area (Å²) in [5.41, 5.74) is 8.20. The van der Waals surface area contributed by atoms with Crippen molar-refractivity contribution in [3.05, 3.63) is 38.8 Å². The predicted molar refractivity (Wildman–Crippen MR) is 76.8 cm³/mol. The van der Waals surface area contributed by atoms with Crippen molar-refractivity contribution in [3.63, 3.8) is 0 Å². The van der Waals surface area contributed by atoms with Crippen LogP contribution in [0.4, 0.5) is 0 Å². The van der Waals surface area contributed by atoms with Crippen molar-refractivity contribution in [2.45, 2.75) is 19.4 Å². The molecule has 0 aliphatic rings.